The molecule has 2 aromatic carbocycles. The van der Waals surface area contributed by atoms with Crippen LogP contribution in [0.3, 0.4) is 0 Å². The smallest absolute Gasteiger partial charge is 0.262 e. The molecule has 3 aliphatic heterocycles. The van der Waals surface area contributed by atoms with Crippen LogP contribution in [0.15, 0.2) is 73.1 Å². The molecule has 2 bridgehead atoms. The van der Waals surface area contributed by atoms with Gasteiger partial charge in [0.2, 0.25) is 0 Å². The summed E-state index contributed by atoms with van der Waals surface area (Å²) in [5.74, 6) is 5.19. The third-order valence-electron chi connectivity index (χ3n) is 12.8. The van der Waals surface area contributed by atoms with Crippen molar-refractivity contribution in [3.63, 3.8) is 0 Å². The van der Waals surface area contributed by atoms with Gasteiger partial charge in [-0.1, -0.05) is 36.7 Å². The molecule has 8 nitrogen and oxygen atoms in total. The van der Waals surface area contributed by atoms with Gasteiger partial charge in [-0.2, -0.15) is 0 Å². The highest BCUT2D eigenvalue weighted by atomic mass is 35.5. The molecule has 52 heavy (non-hydrogen) atoms. The van der Waals surface area contributed by atoms with E-state index in [2.05, 4.69) is 68.7 Å². The van der Waals surface area contributed by atoms with Gasteiger partial charge < -0.3 is 14.4 Å². The van der Waals surface area contributed by atoms with Gasteiger partial charge in [-0.15, -0.1) is 0 Å². The van der Waals surface area contributed by atoms with E-state index in [0.29, 0.717) is 37.0 Å². The standard InChI is InChI=1S/C42H51ClN4O4S/c1-29-6-4-17-42(27-46(20-21-51-42)24-31-14-18-44-19-15-31)37-11-8-34(37)25-47-26-41(16-5-7-32-22-35(43)10-12-36(32)41)28-50-39-13-9-33(23-38(39)47)40(48)45-52(3,49)30(29)2/h4,9-10,12-15,17-19,22-23,29-30,34,37H,3,5-8,11,16,20-21,24-28H2,1-2H3,(H,45,48,49)/b17-4+/t29-,30+,34-,37+,41-,42-,52?/m0/s1. The number of carbonyl (C=O) groups is 1. The predicted molar refractivity (Wildman–Crippen MR) is 210 cm³/mol. The van der Waals surface area contributed by atoms with E-state index >= 15 is 0 Å². The molecule has 2 aliphatic carbocycles. The average Bonchev–Trinajstić information content (AvgIpc) is 3.26. The van der Waals surface area contributed by atoms with Crippen LogP contribution < -0.4 is 14.4 Å². The number of ether oxygens (including phenoxy) is 2. The Bertz CT molecular complexity index is 1960. The number of morpholine rings is 1. The first-order valence-electron chi connectivity index (χ1n) is 19.0. The van der Waals surface area contributed by atoms with Gasteiger partial charge >= 0.3 is 0 Å². The third-order valence-corrected chi connectivity index (χ3v) is 15.2. The van der Waals surface area contributed by atoms with Crippen molar-refractivity contribution < 1.29 is 18.5 Å². The number of nitrogens with one attached hydrogen (secondary N) is 1. The minimum Gasteiger partial charge on any atom is -0.490 e. The molecule has 1 saturated carbocycles. The van der Waals surface area contributed by atoms with E-state index in [0.717, 1.165) is 81.3 Å². The number of hydrogen-bond acceptors (Lipinski definition) is 7. The molecule has 10 heteroatoms. The number of aryl methyl sites for hydroxylation is 1. The van der Waals surface area contributed by atoms with E-state index in [-0.39, 0.29) is 22.5 Å². The van der Waals surface area contributed by atoms with Crippen molar-refractivity contribution in [1.29, 1.82) is 0 Å². The molecule has 1 saturated heterocycles. The number of hydrogen-bond donors (Lipinski definition) is 1. The fourth-order valence-electron chi connectivity index (χ4n) is 9.50. The molecule has 1 N–H and O–H groups in total. The summed E-state index contributed by atoms with van der Waals surface area (Å²) in [4.78, 5) is 23.0. The SMILES string of the molecule is C=S1(=O)NC(=O)c2ccc3c(c2)N(C[C@@H]2CC[C@H]2[C@]2(/C=C/C[C@H](C)[C@H]1C)CN(Cc1ccncc1)CCO2)C[C@@]1(CCCc2cc(Cl)ccc21)CO3. The maximum absolute atomic E-state index is 14.0. The monoisotopic (exact) mass is 742 g/mol. The molecule has 1 aromatic heterocycles. The van der Waals surface area contributed by atoms with Gasteiger partial charge in [0.05, 0.1) is 28.6 Å². The number of anilines is 1. The van der Waals surface area contributed by atoms with Gasteiger partial charge in [-0.3, -0.25) is 19.4 Å². The van der Waals surface area contributed by atoms with Crippen LogP contribution in [0.5, 0.6) is 5.75 Å². The maximum Gasteiger partial charge on any atom is 0.262 e. The number of rotatable bonds is 2. The van der Waals surface area contributed by atoms with Crippen molar-refractivity contribution in [2.75, 3.05) is 44.3 Å². The summed E-state index contributed by atoms with van der Waals surface area (Å²) < 4.78 is 30.6. The summed E-state index contributed by atoms with van der Waals surface area (Å²) in [7, 11) is -2.96. The van der Waals surface area contributed by atoms with Crippen molar-refractivity contribution >= 4 is 38.8 Å². The fraction of sp³-hybridized carbons (Fsp3) is 0.500. The molecule has 7 atom stereocenters. The zero-order valence-electron chi connectivity index (χ0n) is 30.4. The van der Waals surface area contributed by atoms with Crippen molar-refractivity contribution in [2.45, 2.75) is 75.2 Å². The molecule has 1 amide bonds. The fourth-order valence-corrected chi connectivity index (χ4v) is 11.2. The average molecular weight is 743 g/mol. The lowest BCUT2D eigenvalue weighted by molar-refractivity contribution is -0.146. The Morgan fingerprint density at radius 2 is 1.94 bits per heavy atom. The first-order chi connectivity index (χ1) is 25.0. The molecule has 5 aliphatic rings. The molecule has 1 unspecified atom stereocenters. The second-order valence-corrected chi connectivity index (χ2v) is 18.9. The minimum absolute atomic E-state index is 0.0283. The molecule has 2 fully saturated rings. The third kappa shape index (κ3) is 6.78. The number of pyridine rings is 1. The lowest BCUT2D eigenvalue weighted by Gasteiger charge is -2.54. The highest BCUT2D eigenvalue weighted by Crippen LogP contribution is 2.50. The van der Waals surface area contributed by atoms with Crippen LogP contribution in [0.25, 0.3) is 0 Å². The summed E-state index contributed by atoms with van der Waals surface area (Å²) in [6, 6.07) is 16.2. The number of amides is 1. The summed E-state index contributed by atoms with van der Waals surface area (Å²) in [6.07, 6.45) is 14.3. The zero-order chi connectivity index (χ0) is 36.1. The summed E-state index contributed by atoms with van der Waals surface area (Å²) in [5.41, 5.74) is 4.56. The Labute approximate surface area is 314 Å². The number of carbonyl (C=O) groups excluding carboxylic acids is 1. The Kier molecular flexibility index (Phi) is 9.68. The number of benzene rings is 2. The largest absolute Gasteiger partial charge is 0.490 e. The van der Waals surface area contributed by atoms with Crippen molar-refractivity contribution in [1.82, 2.24) is 14.6 Å². The van der Waals surface area contributed by atoms with E-state index in [1.165, 1.54) is 16.7 Å². The van der Waals surface area contributed by atoms with E-state index < -0.39 is 15.3 Å². The highest BCUT2D eigenvalue weighted by molar-refractivity contribution is 7.99. The first-order valence-corrected chi connectivity index (χ1v) is 21.1. The number of fused-ring (bicyclic) bond motifs is 5. The minimum atomic E-state index is -2.96. The van der Waals surface area contributed by atoms with Crippen LogP contribution in [-0.4, -0.2) is 76.1 Å². The van der Waals surface area contributed by atoms with E-state index in [1.54, 1.807) is 6.07 Å². The molecular weight excluding hydrogens is 692 g/mol. The molecule has 0 radical (unpaired) electrons. The molecular formula is C42H51ClN4O4S. The predicted octanol–water partition coefficient (Wildman–Crippen LogP) is 6.85. The molecule has 8 rings (SSSR count). The van der Waals surface area contributed by atoms with Crippen molar-refractivity contribution in [3.8, 4) is 5.75 Å². The van der Waals surface area contributed by atoms with Gasteiger partial charge in [-0.05, 0) is 128 Å². The van der Waals surface area contributed by atoms with Gasteiger partial charge in [0.1, 0.15) is 11.4 Å². The second-order valence-electron chi connectivity index (χ2n) is 16.1. The normalized spacial score (nSPS) is 34.3. The van der Waals surface area contributed by atoms with E-state index in [1.807, 2.05) is 37.5 Å². The number of nitrogens with zero attached hydrogens (tertiary/aromatic N) is 3. The maximum atomic E-state index is 14.0. The van der Waals surface area contributed by atoms with E-state index in [4.69, 9.17) is 21.1 Å². The first kappa shape index (κ1) is 35.6. The molecule has 4 heterocycles. The van der Waals surface area contributed by atoms with Crippen LogP contribution in [0, 0.1) is 17.8 Å². The Morgan fingerprint density at radius 3 is 2.75 bits per heavy atom. The number of halogens is 1. The van der Waals surface area contributed by atoms with Gasteiger partial charge in [0.15, 0.2) is 0 Å². The lowest BCUT2D eigenvalue weighted by Crippen LogP contribution is -2.60. The van der Waals surface area contributed by atoms with Crippen LogP contribution in [-0.2, 0) is 32.8 Å². The quantitative estimate of drug-likeness (QED) is 0.227. The van der Waals surface area contributed by atoms with E-state index in [9.17, 15) is 9.00 Å². The summed E-state index contributed by atoms with van der Waals surface area (Å²) >= 11 is 6.51. The Morgan fingerprint density at radius 1 is 1.10 bits per heavy atom. The summed E-state index contributed by atoms with van der Waals surface area (Å²) in [6.45, 7) is 9.35. The Hall–Kier alpha value is -3.37. The summed E-state index contributed by atoms with van der Waals surface area (Å²) in [5, 5.41) is 0.429. The Balaban J connectivity index is 1.20. The van der Waals surface area contributed by atoms with Crippen LogP contribution in [0.4, 0.5) is 5.69 Å². The molecule has 276 valence electrons. The number of aromatic nitrogens is 1. The molecule has 2 spiro atoms. The van der Waals surface area contributed by atoms with Crippen LogP contribution >= 0.6 is 11.6 Å². The number of allylic oxidation sites excluding steroid dienone is 1. The molecule has 3 aromatic rings. The second kappa shape index (κ2) is 14.1. The zero-order valence-corrected chi connectivity index (χ0v) is 32.0. The van der Waals surface area contributed by atoms with Crippen molar-refractivity contribution in [2.24, 2.45) is 17.8 Å². The van der Waals surface area contributed by atoms with Crippen LogP contribution in [0.1, 0.15) is 73.0 Å². The van der Waals surface area contributed by atoms with Crippen LogP contribution in [0.2, 0.25) is 5.02 Å². The van der Waals surface area contributed by atoms with Gasteiger partial charge in [0, 0.05) is 66.4 Å². The van der Waals surface area contributed by atoms with Gasteiger partial charge in [-0.25, -0.2) is 4.21 Å². The van der Waals surface area contributed by atoms with Crippen molar-refractivity contribution in [3.05, 3.63) is 100 Å². The van der Waals surface area contributed by atoms with Gasteiger partial charge in [0.25, 0.3) is 5.91 Å². The lowest BCUT2D eigenvalue weighted by atomic mass is 9.63. The topological polar surface area (TPSA) is 84.0 Å². The highest BCUT2D eigenvalue weighted by Gasteiger charge is 2.51.